The summed E-state index contributed by atoms with van der Waals surface area (Å²) in [7, 11) is 0. The molecule has 7 heteroatoms. The molecule has 0 fully saturated rings. The Hall–Kier alpha value is -1.18. The number of hydrogen-bond donors (Lipinski definition) is 4. The van der Waals surface area contributed by atoms with Crippen LogP contribution in [0.5, 0.6) is 0 Å². The fourth-order valence-corrected chi connectivity index (χ4v) is 1.00. The van der Waals surface area contributed by atoms with Crippen LogP contribution in [0.2, 0.25) is 0 Å². The average molecular weight is 220 g/mol. The maximum absolute atomic E-state index is 10.6. The van der Waals surface area contributed by atoms with Crippen LogP contribution >= 0.6 is 0 Å². The Bertz CT molecular complexity index is 199. The number of ether oxygens (including phenoxy) is 1. The van der Waals surface area contributed by atoms with E-state index in [-0.39, 0.29) is 25.9 Å². The van der Waals surface area contributed by atoms with Crippen LogP contribution in [0.4, 0.5) is 0 Å². The lowest BCUT2D eigenvalue weighted by Gasteiger charge is -2.18. The Morgan fingerprint density at radius 3 is 1.53 bits per heavy atom. The fraction of sp³-hybridized carbons (Fsp3) is 0.750. The highest BCUT2D eigenvalue weighted by Crippen LogP contribution is 2.06. The monoisotopic (exact) mass is 220 g/mol. The molecule has 0 aliphatic carbocycles. The van der Waals surface area contributed by atoms with Gasteiger partial charge in [0.05, 0.1) is 0 Å². The summed E-state index contributed by atoms with van der Waals surface area (Å²) in [5.41, 5.74) is 10.4. The molecule has 0 spiro atoms. The summed E-state index contributed by atoms with van der Waals surface area (Å²) in [6.07, 6.45) is -2.24. The first-order valence-electron chi connectivity index (χ1n) is 4.54. The number of carboxylic acids is 2. The van der Waals surface area contributed by atoms with E-state index in [2.05, 4.69) is 0 Å². The third-order valence-electron chi connectivity index (χ3n) is 1.74. The molecule has 2 atom stereocenters. The van der Waals surface area contributed by atoms with Gasteiger partial charge in [-0.15, -0.1) is 0 Å². The van der Waals surface area contributed by atoms with E-state index in [1.54, 1.807) is 0 Å². The molecule has 7 nitrogen and oxygen atoms in total. The van der Waals surface area contributed by atoms with Crippen molar-refractivity contribution in [3.8, 4) is 0 Å². The van der Waals surface area contributed by atoms with Gasteiger partial charge < -0.3 is 26.4 Å². The third kappa shape index (κ3) is 5.31. The second kappa shape index (κ2) is 7.16. The molecule has 0 aliphatic rings. The van der Waals surface area contributed by atoms with E-state index < -0.39 is 24.1 Å². The number of nitrogens with two attached hydrogens (primary N) is 2. The number of aliphatic carboxylic acids is 2. The Morgan fingerprint density at radius 1 is 1.00 bits per heavy atom. The lowest BCUT2D eigenvalue weighted by molar-refractivity contribution is -0.165. The largest absolute Gasteiger partial charge is 0.479 e. The highest BCUT2D eigenvalue weighted by Gasteiger charge is 2.26. The molecular weight excluding hydrogens is 204 g/mol. The topological polar surface area (TPSA) is 136 Å². The van der Waals surface area contributed by atoms with Gasteiger partial charge in [0.15, 0.2) is 12.2 Å². The smallest absolute Gasteiger partial charge is 0.332 e. The molecule has 0 aromatic carbocycles. The van der Waals surface area contributed by atoms with E-state index in [0.29, 0.717) is 0 Å². The maximum atomic E-state index is 10.6. The summed E-state index contributed by atoms with van der Waals surface area (Å²) in [4.78, 5) is 21.3. The zero-order valence-corrected chi connectivity index (χ0v) is 8.26. The van der Waals surface area contributed by atoms with Crippen molar-refractivity contribution in [2.24, 2.45) is 11.5 Å². The second-order valence-corrected chi connectivity index (χ2v) is 2.94. The lowest BCUT2D eigenvalue weighted by atomic mass is 10.2. The van der Waals surface area contributed by atoms with Crippen molar-refractivity contribution >= 4 is 11.9 Å². The standard InChI is InChI=1S/C8H16N2O5/c9-3-1-5(7(11)12)15-6(2-4-10)8(13)14/h5-6H,1-4,9-10H2,(H,11,12)(H,13,14). The molecule has 0 radical (unpaired) electrons. The molecule has 0 heterocycles. The molecule has 0 amide bonds. The molecule has 0 aliphatic heterocycles. The summed E-state index contributed by atoms with van der Waals surface area (Å²) < 4.78 is 4.90. The molecule has 0 aromatic heterocycles. The molecule has 0 saturated heterocycles. The summed E-state index contributed by atoms with van der Waals surface area (Å²) in [5, 5.41) is 17.4. The molecule has 0 rings (SSSR count). The molecule has 88 valence electrons. The lowest BCUT2D eigenvalue weighted by Crippen LogP contribution is -2.36. The normalized spacial score (nSPS) is 14.5. The SMILES string of the molecule is NCCC(OC(CCN)C(=O)O)C(=O)O. The van der Waals surface area contributed by atoms with E-state index >= 15 is 0 Å². The fourth-order valence-electron chi connectivity index (χ4n) is 1.00. The first-order valence-corrected chi connectivity index (χ1v) is 4.54. The molecular formula is C8H16N2O5. The van der Waals surface area contributed by atoms with Gasteiger partial charge in [-0.1, -0.05) is 0 Å². The second-order valence-electron chi connectivity index (χ2n) is 2.94. The van der Waals surface area contributed by atoms with Crippen molar-refractivity contribution in [1.29, 1.82) is 0 Å². The van der Waals surface area contributed by atoms with Crippen LogP contribution in [0.3, 0.4) is 0 Å². The van der Waals surface area contributed by atoms with Crippen LogP contribution in [0.1, 0.15) is 12.8 Å². The van der Waals surface area contributed by atoms with Crippen molar-refractivity contribution in [3.63, 3.8) is 0 Å². The predicted octanol–water partition coefficient (Wildman–Crippen LogP) is -1.39. The van der Waals surface area contributed by atoms with Crippen LogP contribution in [-0.2, 0) is 14.3 Å². The van der Waals surface area contributed by atoms with Crippen LogP contribution in [0, 0.1) is 0 Å². The summed E-state index contributed by atoms with van der Waals surface area (Å²) in [6, 6.07) is 0. The van der Waals surface area contributed by atoms with Gasteiger partial charge >= 0.3 is 11.9 Å². The molecule has 2 unspecified atom stereocenters. The molecule has 0 saturated carbocycles. The molecule has 15 heavy (non-hydrogen) atoms. The molecule has 0 aromatic rings. The molecule has 0 bridgehead atoms. The van der Waals surface area contributed by atoms with Crippen molar-refractivity contribution < 1.29 is 24.5 Å². The van der Waals surface area contributed by atoms with E-state index in [4.69, 9.17) is 26.4 Å². The maximum Gasteiger partial charge on any atom is 0.332 e. The van der Waals surface area contributed by atoms with Gasteiger partial charge in [0, 0.05) is 0 Å². The molecule has 6 N–H and O–H groups in total. The van der Waals surface area contributed by atoms with E-state index in [9.17, 15) is 9.59 Å². The van der Waals surface area contributed by atoms with Gasteiger partial charge in [-0.25, -0.2) is 9.59 Å². The Labute approximate surface area is 87.0 Å². The van der Waals surface area contributed by atoms with E-state index in [1.165, 1.54) is 0 Å². The highest BCUT2D eigenvalue weighted by atomic mass is 16.5. The minimum absolute atomic E-state index is 0.0731. The van der Waals surface area contributed by atoms with Gasteiger partial charge in [0.25, 0.3) is 0 Å². The van der Waals surface area contributed by atoms with Crippen LogP contribution in [0.25, 0.3) is 0 Å². The van der Waals surface area contributed by atoms with Gasteiger partial charge in [-0.2, -0.15) is 0 Å². The number of rotatable bonds is 8. The van der Waals surface area contributed by atoms with Gasteiger partial charge in [0.1, 0.15) is 0 Å². The van der Waals surface area contributed by atoms with Crippen molar-refractivity contribution in [2.75, 3.05) is 13.1 Å². The zero-order valence-electron chi connectivity index (χ0n) is 8.26. The number of carbonyl (C=O) groups is 2. The average Bonchev–Trinajstić information content (AvgIpc) is 2.15. The minimum atomic E-state index is -1.22. The van der Waals surface area contributed by atoms with Crippen molar-refractivity contribution in [3.05, 3.63) is 0 Å². The van der Waals surface area contributed by atoms with E-state index in [0.717, 1.165) is 0 Å². The minimum Gasteiger partial charge on any atom is -0.479 e. The third-order valence-corrected chi connectivity index (χ3v) is 1.74. The highest BCUT2D eigenvalue weighted by molar-refractivity contribution is 5.75. The van der Waals surface area contributed by atoms with Crippen LogP contribution in [0.15, 0.2) is 0 Å². The summed E-state index contributed by atoms with van der Waals surface area (Å²) in [5.74, 6) is -2.44. The number of hydrogen-bond acceptors (Lipinski definition) is 5. The predicted molar refractivity (Wildman–Crippen MR) is 51.3 cm³/mol. The first-order chi connectivity index (χ1) is 7.02. The van der Waals surface area contributed by atoms with Gasteiger partial charge in [-0.05, 0) is 25.9 Å². The van der Waals surface area contributed by atoms with E-state index in [1.807, 2.05) is 0 Å². The Morgan fingerprint density at radius 2 is 1.33 bits per heavy atom. The quantitative estimate of drug-likeness (QED) is 0.395. The van der Waals surface area contributed by atoms with Gasteiger partial charge in [-0.3, -0.25) is 0 Å². The van der Waals surface area contributed by atoms with Crippen molar-refractivity contribution in [2.45, 2.75) is 25.0 Å². The first kappa shape index (κ1) is 13.8. The Kier molecular flexibility index (Phi) is 6.59. The van der Waals surface area contributed by atoms with Crippen molar-refractivity contribution in [1.82, 2.24) is 0 Å². The summed E-state index contributed by atoms with van der Waals surface area (Å²) >= 11 is 0. The van der Waals surface area contributed by atoms with Gasteiger partial charge in [0.2, 0.25) is 0 Å². The Balaban J connectivity index is 4.32. The summed E-state index contributed by atoms with van der Waals surface area (Å²) in [6.45, 7) is 0.234. The number of carboxylic acid groups (broad SMARTS) is 2. The van der Waals surface area contributed by atoms with Crippen LogP contribution < -0.4 is 11.5 Å². The zero-order chi connectivity index (χ0) is 11.8. The van der Waals surface area contributed by atoms with Crippen LogP contribution in [-0.4, -0.2) is 47.4 Å².